The molecule has 25 heavy (non-hydrogen) atoms. The first-order valence-corrected chi connectivity index (χ1v) is 10.4. The highest BCUT2D eigenvalue weighted by Crippen LogP contribution is 2.22. The lowest BCUT2D eigenvalue weighted by Crippen LogP contribution is -2.41. The number of benzene rings is 2. The van der Waals surface area contributed by atoms with Crippen molar-refractivity contribution < 1.29 is 23.1 Å². The Morgan fingerprint density at radius 2 is 1.72 bits per heavy atom. The molecule has 0 heterocycles. The smallest absolute Gasteiger partial charge is 0.321 e. The lowest BCUT2D eigenvalue weighted by atomic mass is 10.2. The van der Waals surface area contributed by atoms with Crippen LogP contribution in [0.15, 0.2) is 59.5 Å². The number of ether oxygens (including phenoxy) is 1. The summed E-state index contributed by atoms with van der Waals surface area (Å²) in [5.74, 6) is 0.479. The number of hydrogen-bond acceptors (Lipinski definition) is 5. The van der Waals surface area contributed by atoms with E-state index in [0.29, 0.717) is 17.3 Å². The molecule has 0 bridgehead atoms. The van der Waals surface area contributed by atoms with Crippen molar-refractivity contribution in [3.63, 3.8) is 0 Å². The van der Waals surface area contributed by atoms with Crippen molar-refractivity contribution in [3.8, 4) is 11.5 Å². The van der Waals surface area contributed by atoms with Gasteiger partial charge in [0.25, 0.3) is 0 Å². The molecule has 8 heteroatoms. The Bertz CT molecular complexity index is 792. The van der Waals surface area contributed by atoms with Gasteiger partial charge in [-0.25, -0.2) is 8.42 Å². The number of rotatable bonds is 9. The van der Waals surface area contributed by atoms with Crippen LogP contribution in [0.3, 0.4) is 0 Å². The summed E-state index contributed by atoms with van der Waals surface area (Å²) in [4.78, 5) is 11.2. The summed E-state index contributed by atoms with van der Waals surface area (Å²) < 4.78 is 32.6. The molecule has 0 amide bonds. The summed E-state index contributed by atoms with van der Waals surface area (Å²) in [5, 5.41) is 9.16. The standard InChI is InChI=1S/C17H19NO5S2/c1-24-12-11-16(17(19)20)18-25(21,22)15-9-7-14(8-10-15)23-13-5-3-2-4-6-13/h2-10,16,18H,11-12H2,1H3,(H,19,20). The SMILES string of the molecule is CSCCC(NS(=O)(=O)c1ccc(Oc2ccccc2)cc1)C(=O)O. The number of carboxylic acids is 1. The Labute approximate surface area is 151 Å². The largest absolute Gasteiger partial charge is 0.480 e. The monoisotopic (exact) mass is 381 g/mol. The minimum atomic E-state index is -3.92. The van der Waals surface area contributed by atoms with E-state index in [2.05, 4.69) is 4.72 Å². The van der Waals surface area contributed by atoms with Crippen molar-refractivity contribution in [2.24, 2.45) is 0 Å². The van der Waals surface area contributed by atoms with Crippen LogP contribution in [0.2, 0.25) is 0 Å². The predicted molar refractivity (Wildman–Crippen MR) is 97.7 cm³/mol. The van der Waals surface area contributed by atoms with E-state index in [1.54, 1.807) is 12.1 Å². The first-order chi connectivity index (χ1) is 11.9. The Balaban J connectivity index is 2.10. The van der Waals surface area contributed by atoms with Crippen LogP contribution in [0.5, 0.6) is 11.5 Å². The molecule has 0 aliphatic carbocycles. The number of para-hydroxylation sites is 1. The third-order valence-corrected chi connectivity index (χ3v) is 5.45. The third-order valence-electron chi connectivity index (χ3n) is 3.32. The maximum atomic E-state index is 12.4. The highest BCUT2D eigenvalue weighted by Gasteiger charge is 2.25. The molecule has 0 aliphatic heterocycles. The molecule has 2 aromatic carbocycles. The van der Waals surface area contributed by atoms with E-state index in [1.807, 2.05) is 24.5 Å². The van der Waals surface area contributed by atoms with Crippen LogP contribution in [0.25, 0.3) is 0 Å². The number of carbonyl (C=O) groups is 1. The first-order valence-electron chi connectivity index (χ1n) is 7.49. The number of aliphatic carboxylic acids is 1. The average Bonchev–Trinajstić information content (AvgIpc) is 2.60. The minimum absolute atomic E-state index is 0.0108. The normalized spacial score (nSPS) is 12.5. The summed E-state index contributed by atoms with van der Waals surface area (Å²) in [6, 6.07) is 13.8. The second-order valence-corrected chi connectivity index (χ2v) is 7.88. The molecule has 0 fully saturated rings. The van der Waals surface area contributed by atoms with Crippen LogP contribution in [-0.2, 0) is 14.8 Å². The van der Waals surface area contributed by atoms with E-state index < -0.39 is 22.0 Å². The van der Waals surface area contributed by atoms with Crippen molar-refractivity contribution in [3.05, 3.63) is 54.6 Å². The Morgan fingerprint density at radius 3 is 2.28 bits per heavy atom. The zero-order chi connectivity index (χ0) is 18.3. The number of sulfonamides is 1. The summed E-state index contributed by atoms with van der Waals surface area (Å²) in [6.45, 7) is 0. The zero-order valence-corrected chi connectivity index (χ0v) is 15.2. The van der Waals surface area contributed by atoms with Crippen molar-refractivity contribution in [2.75, 3.05) is 12.0 Å². The van der Waals surface area contributed by atoms with Gasteiger partial charge in [0.05, 0.1) is 4.90 Å². The van der Waals surface area contributed by atoms with Gasteiger partial charge in [0.2, 0.25) is 10.0 Å². The average molecular weight is 381 g/mol. The van der Waals surface area contributed by atoms with Gasteiger partial charge in [0.15, 0.2) is 0 Å². The topological polar surface area (TPSA) is 92.7 Å². The van der Waals surface area contributed by atoms with E-state index >= 15 is 0 Å². The van der Waals surface area contributed by atoms with Crippen molar-refractivity contribution in [2.45, 2.75) is 17.4 Å². The van der Waals surface area contributed by atoms with Crippen LogP contribution >= 0.6 is 11.8 Å². The number of thioether (sulfide) groups is 1. The number of hydrogen-bond donors (Lipinski definition) is 2. The van der Waals surface area contributed by atoms with Crippen molar-refractivity contribution in [1.29, 1.82) is 0 Å². The van der Waals surface area contributed by atoms with Gasteiger partial charge in [-0.2, -0.15) is 16.5 Å². The lowest BCUT2D eigenvalue weighted by Gasteiger charge is -2.14. The molecular weight excluding hydrogens is 362 g/mol. The molecule has 134 valence electrons. The summed E-state index contributed by atoms with van der Waals surface area (Å²) in [6.07, 6.45) is 2.05. The summed E-state index contributed by atoms with van der Waals surface area (Å²) in [5.41, 5.74) is 0. The molecule has 0 saturated carbocycles. The van der Waals surface area contributed by atoms with E-state index in [9.17, 15) is 13.2 Å². The van der Waals surface area contributed by atoms with E-state index in [-0.39, 0.29) is 11.3 Å². The third kappa shape index (κ3) is 5.77. The first kappa shape index (κ1) is 19.3. The second-order valence-electron chi connectivity index (χ2n) is 5.18. The Hall–Kier alpha value is -2.03. The molecule has 2 aromatic rings. The van der Waals surface area contributed by atoms with Crippen LogP contribution in [0, 0.1) is 0 Å². The van der Waals surface area contributed by atoms with Gasteiger partial charge in [-0.15, -0.1) is 0 Å². The van der Waals surface area contributed by atoms with Crippen LogP contribution in [0.4, 0.5) is 0 Å². The zero-order valence-electron chi connectivity index (χ0n) is 13.6. The van der Waals surface area contributed by atoms with Gasteiger partial charge in [-0.3, -0.25) is 4.79 Å². The Kier molecular flexibility index (Phi) is 6.86. The predicted octanol–water partition coefficient (Wildman–Crippen LogP) is 2.96. The summed E-state index contributed by atoms with van der Waals surface area (Å²) in [7, 11) is -3.92. The molecule has 6 nitrogen and oxygen atoms in total. The molecule has 0 aliphatic rings. The van der Waals surface area contributed by atoms with Crippen LogP contribution < -0.4 is 9.46 Å². The van der Waals surface area contributed by atoms with Gasteiger partial charge in [-0.1, -0.05) is 18.2 Å². The fourth-order valence-corrected chi connectivity index (χ4v) is 3.73. The van der Waals surface area contributed by atoms with Gasteiger partial charge >= 0.3 is 5.97 Å². The van der Waals surface area contributed by atoms with Crippen LogP contribution in [-0.4, -0.2) is 37.5 Å². The molecule has 0 saturated heterocycles. The molecule has 0 spiro atoms. The fourth-order valence-electron chi connectivity index (χ4n) is 2.04. The molecule has 1 unspecified atom stereocenters. The van der Waals surface area contributed by atoms with E-state index in [4.69, 9.17) is 9.84 Å². The highest BCUT2D eigenvalue weighted by molar-refractivity contribution is 7.98. The van der Waals surface area contributed by atoms with Gasteiger partial charge in [0, 0.05) is 0 Å². The van der Waals surface area contributed by atoms with E-state index in [0.717, 1.165) is 0 Å². The Morgan fingerprint density at radius 1 is 1.12 bits per heavy atom. The van der Waals surface area contributed by atoms with Crippen molar-refractivity contribution in [1.82, 2.24) is 4.72 Å². The molecule has 2 rings (SSSR count). The maximum absolute atomic E-state index is 12.4. The van der Waals surface area contributed by atoms with Gasteiger partial charge in [0.1, 0.15) is 17.5 Å². The number of carboxylic acid groups (broad SMARTS) is 1. The quantitative estimate of drug-likeness (QED) is 0.694. The van der Waals surface area contributed by atoms with Gasteiger partial charge in [-0.05, 0) is 54.8 Å². The molecular formula is C17H19NO5S2. The highest BCUT2D eigenvalue weighted by atomic mass is 32.2. The van der Waals surface area contributed by atoms with E-state index in [1.165, 1.54) is 36.0 Å². The maximum Gasteiger partial charge on any atom is 0.321 e. The minimum Gasteiger partial charge on any atom is -0.480 e. The van der Waals surface area contributed by atoms with Gasteiger partial charge < -0.3 is 9.84 Å². The second kappa shape index (κ2) is 8.89. The lowest BCUT2D eigenvalue weighted by molar-refractivity contribution is -0.139. The molecule has 0 aromatic heterocycles. The van der Waals surface area contributed by atoms with Crippen LogP contribution in [0.1, 0.15) is 6.42 Å². The summed E-state index contributed by atoms with van der Waals surface area (Å²) >= 11 is 1.46. The molecule has 2 N–H and O–H groups in total. The fraction of sp³-hybridized carbons (Fsp3) is 0.235. The molecule has 1 atom stereocenters. The van der Waals surface area contributed by atoms with Crippen molar-refractivity contribution >= 4 is 27.8 Å². The number of nitrogens with one attached hydrogen (secondary N) is 1. The molecule has 0 radical (unpaired) electrons.